The Hall–Kier alpha value is 0.440. The molecule has 0 N–H and O–H groups in total. The monoisotopic (exact) mass is 360 g/mol. The summed E-state index contributed by atoms with van der Waals surface area (Å²) in [6.45, 7) is 18.9. The van der Waals surface area contributed by atoms with E-state index in [2.05, 4.69) is 71.3 Å². The molecule has 0 aromatic heterocycles. The summed E-state index contributed by atoms with van der Waals surface area (Å²) in [6, 6.07) is 0. The van der Waals surface area contributed by atoms with Gasteiger partial charge < -0.3 is 4.74 Å². The van der Waals surface area contributed by atoms with Crippen LogP contribution < -0.4 is 0 Å². The summed E-state index contributed by atoms with van der Waals surface area (Å²) in [5.41, 5.74) is 0.853. The zero-order chi connectivity index (χ0) is 16.4. The van der Waals surface area contributed by atoms with Crippen LogP contribution in [0.5, 0.6) is 0 Å². The minimum Gasteiger partial charge on any atom is -0.357 e. The van der Waals surface area contributed by atoms with Gasteiger partial charge in [0.2, 0.25) is 0 Å². The Labute approximate surface area is 141 Å². The number of epoxide rings is 1. The topological polar surface area (TPSA) is 12.5 Å². The van der Waals surface area contributed by atoms with E-state index in [0.717, 1.165) is 11.8 Å². The van der Waals surface area contributed by atoms with Gasteiger partial charge in [-0.15, -0.1) is 0 Å². The Morgan fingerprint density at radius 2 is 1.38 bits per heavy atom. The number of rotatable bonds is 7. The summed E-state index contributed by atoms with van der Waals surface area (Å²) in [4.78, 5) is 0. The first-order valence-corrected chi connectivity index (χ1v) is 9.60. The predicted molar refractivity (Wildman–Crippen MR) is 96.8 cm³/mol. The Morgan fingerprint density at radius 3 is 1.76 bits per heavy atom. The lowest BCUT2D eigenvalue weighted by Crippen LogP contribution is -2.24. The van der Waals surface area contributed by atoms with Crippen LogP contribution in [0.4, 0.5) is 0 Å². The van der Waals surface area contributed by atoms with Crippen LogP contribution in [0.2, 0.25) is 0 Å². The molecule has 1 heterocycles. The minimum atomic E-state index is 0.308. The Kier molecular flexibility index (Phi) is 6.81. The smallest absolute Gasteiger partial charge is 0.139 e. The van der Waals surface area contributed by atoms with Gasteiger partial charge in [-0.25, -0.2) is 0 Å². The average molecular weight is 361 g/mol. The maximum absolute atomic E-state index is 5.76. The molecule has 0 aromatic carbocycles. The highest BCUT2D eigenvalue weighted by Crippen LogP contribution is 2.43. The van der Waals surface area contributed by atoms with Crippen LogP contribution in [0.1, 0.15) is 81.1 Å². The summed E-state index contributed by atoms with van der Waals surface area (Å²) in [6.07, 6.45) is 5.68. The lowest BCUT2D eigenvalue weighted by molar-refractivity contribution is 0.176. The molecule has 1 nitrogen and oxygen atoms in total. The molecule has 0 amide bonds. The standard InChI is InChI=1S/C19H37BrO/c1-13(11-18(3,4)5)9-10-15(16-17(20)21-16)14(2)12-19(6,7)8/h13-17H,9-12H2,1-8H3. The van der Waals surface area contributed by atoms with E-state index >= 15 is 0 Å². The van der Waals surface area contributed by atoms with E-state index in [1.54, 1.807) is 0 Å². The number of hydrogen-bond donors (Lipinski definition) is 0. The fourth-order valence-electron chi connectivity index (χ4n) is 3.91. The van der Waals surface area contributed by atoms with E-state index in [0.29, 0.717) is 27.9 Å². The van der Waals surface area contributed by atoms with Gasteiger partial charge in [0.15, 0.2) is 0 Å². The van der Waals surface area contributed by atoms with Gasteiger partial charge in [0.1, 0.15) is 5.01 Å². The summed E-state index contributed by atoms with van der Waals surface area (Å²) in [7, 11) is 0. The first kappa shape index (κ1) is 19.5. The van der Waals surface area contributed by atoms with Gasteiger partial charge in [0.25, 0.3) is 0 Å². The van der Waals surface area contributed by atoms with Crippen molar-refractivity contribution in [2.45, 2.75) is 92.2 Å². The number of hydrogen-bond acceptors (Lipinski definition) is 1. The number of alkyl halides is 1. The second kappa shape index (κ2) is 7.34. The van der Waals surface area contributed by atoms with Crippen molar-refractivity contribution < 1.29 is 4.74 Å². The van der Waals surface area contributed by atoms with Crippen molar-refractivity contribution in [2.75, 3.05) is 0 Å². The number of halogens is 1. The fraction of sp³-hybridized carbons (Fsp3) is 1.00. The molecule has 5 atom stereocenters. The molecule has 0 aromatic rings. The molecular weight excluding hydrogens is 324 g/mol. The third-order valence-corrected chi connectivity index (χ3v) is 5.25. The maximum atomic E-state index is 5.76. The Balaban J connectivity index is 2.51. The number of ether oxygens (including phenoxy) is 1. The van der Waals surface area contributed by atoms with Crippen LogP contribution in [0.15, 0.2) is 0 Å². The molecule has 0 saturated carbocycles. The minimum absolute atomic E-state index is 0.308. The molecule has 21 heavy (non-hydrogen) atoms. The van der Waals surface area contributed by atoms with E-state index in [9.17, 15) is 0 Å². The van der Waals surface area contributed by atoms with Crippen molar-refractivity contribution in [3.05, 3.63) is 0 Å². The predicted octanol–water partition coefficient (Wildman–Crippen LogP) is 6.65. The van der Waals surface area contributed by atoms with Crippen LogP contribution in [0.3, 0.4) is 0 Å². The SMILES string of the molecule is CC(CCC(C(C)CC(C)(C)C)C1OC1Br)CC(C)(C)C. The molecule has 1 aliphatic heterocycles. The van der Waals surface area contributed by atoms with Gasteiger partial charge in [0, 0.05) is 0 Å². The van der Waals surface area contributed by atoms with Crippen molar-refractivity contribution in [1.29, 1.82) is 0 Å². The molecule has 0 aliphatic carbocycles. The van der Waals surface area contributed by atoms with Crippen LogP contribution in [0, 0.1) is 28.6 Å². The van der Waals surface area contributed by atoms with Crippen LogP contribution in [-0.2, 0) is 4.74 Å². The van der Waals surface area contributed by atoms with Crippen LogP contribution in [0.25, 0.3) is 0 Å². The molecule has 0 spiro atoms. The Morgan fingerprint density at radius 1 is 0.905 bits per heavy atom. The van der Waals surface area contributed by atoms with Gasteiger partial charge in [-0.05, 0) is 47.8 Å². The first-order chi connectivity index (χ1) is 9.39. The molecule has 1 aliphatic rings. The second-order valence-corrected chi connectivity index (χ2v) is 10.7. The van der Waals surface area contributed by atoms with Gasteiger partial charge in [-0.1, -0.05) is 77.7 Å². The van der Waals surface area contributed by atoms with Gasteiger partial charge in [-0.3, -0.25) is 0 Å². The zero-order valence-corrected chi connectivity index (χ0v) is 17.1. The molecule has 5 unspecified atom stereocenters. The normalized spacial score (nSPS) is 27.3. The zero-order valence-electron chi connectivity index (χ0n) is 15.5. The summed E-state index contributed by atoms with van der Waals surface area (Å²) in [5, 5.41) is 0.308. The molecule has 126 valence electrons. The Bertz CT molecular complexity index is 313. The third kappa shape index (κ3) is 8.02. The first-order valence-electron chi connectivity index (χ1n) is 8.68. The summed E-state index contributed by atoms with van der Waals surface area (Å²) >= 11 is 3.63. The quantitative estimate of drug-likeness (QED) is 0.365. The largest absolute Gasteiger partial charge is 0.357 e. The molecule has 1 rings (SSSR count). The van der Waals surface area contributed by atoms with E-state index in [1.807, 2.05) is 0 Å². The highest BCUT2D eigenvalue weighted by Gasteiger charge is 2.45. The lowest BCUT2D eigenvalue weighted by Gasteiger charge is -2.30. The molecule has 2 heteroatoms. The van der Waals surface area contributed by atoms with Gasteiger partial charge >= 0.3 is 0 Å². The van der Waals surface area contributed by atoms with Crippen LogP contribution in [-0.4, -0.2) is 11.1 Å². The lowest BCUT2D eigenvalue weighted by atomic mass is 9.75. The molecule has 0 radical (unpaired) electrons. The van der Waals surface area contributed by atoms with Crippen LogP contribution >= 0.6 is 15.9 Å². The molecular formula is C19H37BrO. The maximum Gasteiger partial charge on any atom is 0.139 e. The molecule has 1 fully saturated rings. The molecule has 1 saturated heterocycles. The van der Waals surface area contributed by atoms with Crippen molar-refractivity contribution >= 4 is 15.9 Å². The summed E-state index contributed by atoms with van der Waals surface area (Å²) < 4.78 is 5.76. The summed E-state index contributed by atoms with van der Waals surface area (Å²) in [5.74, 6) is 2.25. The van der Waals surface area contributed by atoms with Gasteiger partial charge in [0.05, 0.1) is 6.10 Å². The van der Waals surface area contributed by atoms with E-state index in [4.69, 9.17) is 4.74 Å². The van der Waals surface area contributed by atoms with Crippen molar-refractivity contribution in [1.82, 2.24) is 0 Å². The van der Waals surface area contributed by atoms with Crippen molar-refractivity contribution in [3.8, 4) is 0 Å². The average Bonchev–Trinajstić information content (AvgIpc) is 2.89. The van der Waals surface area contributed by atoms with Gasteiger partial charge in [-0.2, -0.15) is 0 Å². The van der Waals surface area contributed by atoms with Crippen molar-refractivity contribution in [2.24, 2.45) is 28.6 Å². The fourth-order valence-corrected chi connectivity index (χ4v) is 4.56. The van der Waals surface area contributed by atoms with E-state index < -0.39 is 0 Å². The third-order valence-electron chi connectivity index (χ3n) is 4.51. The van der Waals surface area contributed by atoms with E-state index in [-0.39, 0.29) is 0 Å². The molecule has 0 bridgehead atoms. The highest BCUT2D eigenvalue weighted by molar-refractivity contribution is 9.09. The highest BCUT2D eigenvalue weighted by atomic mass is 79.9. The van der Waals surface area contributed by atoms with Crippen molar-refractivity contribution in [3.63, 3.8) is 0 Å². The second-order valence-electron chi connectivity index (χ2n) is 9.81. The van der Waals surface area contributed by atoms with E-state index in [1.165, 1.54) is 25.7 Å².